The molecule has 0 aromatic rings. The number of halogens is 1. The van der Waals surface area contributed by atoms with Crippen molar-refractivity contribution >= 4 is 31.6 Å². The minimum Gasteiger partial charge on any atom is -0.296 e. The summed E-state index contributed by atoms with van der Waals surface area (Å²) in [5.41, 5.74) is -0.665. The molecule has 0 spiro atoms. The monoisotopic (exact) mass is 298 g/mol. The molecule has 0 amide bonds. The second kappa shape index (κ2) is 4.53. The van der Waals surface area contributed by atoms with E-state index in [1.54, 1.807) is 34.6 Å². The minimum atomic E-state index is -3.43. The van der Waals surface area contributed by atoms with Crippen LogP contribution in [0.25, 0.3) is 0 Å². The van der Waals surface area contributed by atoms with Gasteiger partial charge in [-0.3, -0.25) is 4.79 Å². The number of sulfone groups is 1. The van der Waals surface area contributed by atoms with Gasteiger partial charge in [-0.05, 0) is 6.42 Å². The molecule has 0 aromatic heterocycles. The standard InChI is InChI=1S/C10H19BrO3S/c1-6-10(11,15(13,14)7-2)8(12)9(3,4)5/h6-7H2,1-5H3. The van der Waals surface area contributed by atoms with Crippen molar-refractivity contribution in [1.82, 2.24) is 0 Å². The Bertz CT molecular complexity index is 340. The molecule has 0 bridgehead atoms. The first-order valence-electron chi connectivity index (χ1n) is 4.99. The predicted molar refractivity (Wildman–Crippen MR) is 65.9 cm³/mol. The molecule has 0 aliphatic rings. The van der Waals surface area contributed by atoms with Gasteiger partial charge in [0.1, 0.15) is 0 Å². The lowest BCUT2D eigenvalue weighted by atomic mass is 9.88. The quantitative estimate of drug-likeness (QED) is 0.750. The number of carbonyl (C=O) groups is 1. The Kier molecular flexibility index (Phi) is 4.56. The summed E-state index contributed by atoms with van der Waals surface area (Å²) in [4.78, 5) is 12.1. The number of carbonyl (C=O) groups excluding carboxylic acids is 1. The smallest absolute Gasteiger partial charge is 0.185 e. The highest BCUT2D eigenvalue weighted by atomic mass is 79.9. The van der Waals surface area contributed by atoms with Crippen molar-refractivity contribution in [2.24, 2.45) is 5.41 Å². The van der Waals surface area contributed by atoms with Crippen LogP contribution < -0.4 is 0 Å². The normalized spacial score (nSPS) is 17.2. The fourth-order valence-electron chi connectivity index (χ4n) is 1.31. The molecular formula is C10H19BrO3S. The van der Waals surface area contributed by atoms with E-state index >= 15 is 0 Å². The van der Waals surface area contributed by atoms with Crippen LogP contribution in [0.3, 0.4) is 0 Å². The summed E-state index contributed by atoms with van der Waals surface area (Å²) < 4.78 is 22.3. The highest BCUT2D eigenvalue weighted by molar-refractivity contribution is 9.12. The average Bonchev–Trinajstić information content (AvgIpc) is 2.13. The van der Waals surface area contributed by atoms with Crippen LogP contribution in [0.15, 0.2) is 0 Å². The van der Waals surface area contributed by atoms with E-state index in [9.17, 15) is 13.2 Å². The third kappa shape index (κ3) is 2.81. The van der Waals surface area contributed by atoms with Gasteiger partial charge in [0.2, 0.25) is 0 Å². The molecule has 0 radical (unpaired) electrons. The number of hydrogen-bond donors (Lipinski definition) is 0. The van der Waals surface area contributed by atoms with E-state index in [4.69, 9.17) is 0 Å². The Morgan fingerprint density at radius 1 is 1.20 bits per heavy atom. The Hall–Kier alpha value is 0.1000. The van der Waals surface area contributed by atoms with E-state index in [2.05, 4.69) is 15.9 Å². The molecule has 0 fully saturated rings. The Balaban J connectivity index is 5.51. The summed E-state index contributed by atoms with van der Waals surface area (Å²) in [6.07, 6.45) is 0.249. The number of alkyl halides is 1. The van der Waals surface area contributed by atoms with Crippen molar-refractivity contribution in [1.29, 1.82) is 0 Å². The molecule has 0 saturated carbocycles. The first-order valence-corrected chi connectivity index (χ1v) is 7.43. The molecule has 0 heterocycles. The highest BCUT2D eigenvalue weighted by Crippen LogP contribution is 2.37. The maximum Gasteiger partial charge on any atom is 0.185 e. The van der Waals surface area contributed by atoms with Crippen LogP contribution in [0.1, 0.15) is 41.0 Å². The largest absolute Gasteiger partial charge is 0.296 e. The van der Waals surface area contributed by atoms with E-state index in [0.717, 1.165) is 0 Å². The molecule has 15 heavy (non-hydrogen) atoms. The maximum atomic E-state index is 12.1. The Labute approximate surface area is 101 Å². The number of Topliss-reactive ketones (excluding diaryl/α,β-unsaturated/α-hetero) is 1. The summed E-state index contributed by atoms with van der Waals surface area (Å²) >= 11 is 3.13. The lowest BCUT2D eigenvalue weighted by Gasteiger charge is -2.30. The van der Waals surface area contributed by atoms with Crippen LogP contribution in [-0.4, -0.2) is 23.6 Å². The van der Waals surface area contributed by atoms with Gasteiger partial charge in [0.25, 0.3) is 0 Å². The molecule has 0 aliphatic heterocycles. The second-order valence-corrected chi connectivity index (χ2v) is 8.95. The van der Waals surface area contributed by atoms with Gasteiger partial charge < -0.3 is 0 Å². The topological polar surface area (TPSA) is 51.2 Å². The molecule has 5 heteroatoms. The lowest BCUT2D eigenvalue weighted by molar-refractivity contribution is -0.126. The lowest BCUT2D eigenvalue weighted by Crippen LogP contribution is -2.46. The van der Waals surface area contributed by atoms with Crippen LogP contribution in [0.2, 0.25) is 0 Å². The van der Waals surface area contributed by atoms with Gasteiger partial charge in [-0.15, -0.1) is 0 Å². The summed E-state index contributed by atoms with van der Waals surface area (Å²) in [7, 11) is -3.43. The van der Waals surface area contributed by atoms with E-state index in [1.165, 1.54) is 0 Å². The van der Waals surface area contributed by atoms with Crippen LogP contribution >= 0.6 is 15.9 Å². The summed E-state index contributed by atoms with van der Waals surface area (Å²) in [6.45, 7) is 8.44. The van der Waals surface area contributed by atoms with Crippen molar-refractivity contribution in [2.45, 2.75) is 44.7 Å². The van der Waals surface area contributed by atoms with Crippen molar-refractivity contribution in [3.05, 3.63) is 0 Å². The Morgan fingerprint density at radius 2 is 1.60 bits per heavy atom. The molecule has 3 nitrogen and oxygen atoms in total. The zero-order valence-corrected chi connectivity index (χ0v) is 12.3. The third-order valence-electron chi connectivity index (χ3n) is 2.35. The molecule has 0 saturated heterocycles. The fraction of sp³-hybridized carbons (Fsp3) is 0.900. The highest BCUT2D eigenvalue weighted by Gasteiger charge is 2.49. The van der Waals surface area contributed by atoms with Crippen molar-refractivity contribution in [3.63, 3.8) is 0 Å². The zero-order valence-electron chi connectivity index (χ0n) is 9.93. The van der Waals surface area contributed by atoms with Crippen molar-refractivity contribution in [2.75, 3.05) is 5.75 Å². The summed E-state index contributed by atoms with van der Waals surface area (Å²) in [5.74, 6) is -0.312. The van der Waals surface area contributed by atoms with Crippen LogP contribution in [0.4, 0.5) is 0 Å². The zero-order chi connectivity index (χ0) is 12.5. The molecule has 1 unspecified atom stereocenters. The first kappa shape index (κ1) is 15.1. The van der Waals surface area contributed by atoms with Gasteiger partial charge in [0.05, 0.1) is 0 Å². The molecule has 0 rings (SSSR count). The maximum absolute atomic E-state index is 12.1. The minimum absolute atomic E-state index is 0.0338. The number of rotatable bonds is 4. The number of hydrogen-bond acceptors (Lipinski definition) is 3. The molecule has 90 valence electrons. The molecule has 1 atom stereocenters. The van der Waals surface area contributed by atoms with E-state index < -0.39 is 18.9 Å². The van der Waals surface area contributed by atoms with E-state index in [0.29, 0.717) is 0 Å². The average molecular weight is 299 g/mol. The number of ketones is 1. The van der Waals surface area contributed by atoms with Gasteiger partial charge in [0.15, 0.2) is 19.3 Å². The van der Waals surface area contributed by atoms with Gasteiger partial charge in [-0.1, -0.05) is 50.5 Å². The molecular weight excluding hydrogens is 280 g/mol. The first-order chi connectivity index (χ1) is 6.53. The van der Waals surface area contributed by atoms with Gasteiger partial charge in [-0.25, -0.2) is 8.42 Å². The second-order valence-electron chi connectivity index (χ2n) is 4.56. The summed E-state index contributed by atoms with van der Waals surface area (Å²) in [5, 5.41) is 0. The van der Waals surface area contributed by atoms with Crippen molar-refractivity contribution in [3.8, 4) is 0 Å². The van der Waals surface area contributed by atoms with Crippen LogP contribution in [0.5, 0.6) is 0 Å². The summed E-state index contributed by atoms with van der Waals surface area (Å²) in [6, 6.07) is 0. The third-order valence-corrected chi connectivity index (χ3v) is 6.97. The van der Waals surface area contributed by atoms with Crippen LogP contribution in [0, 0.1) is 5.41 Å². The van der Waals surface area contributed by atoms with E-state index in [1.807, 2.05) is 0 Å². The molecule has 0 N–H and O–H groups in total. The van der Waals surface area contributed by atoms with Gasteiger partial charge in [-0.2, -0.15) is 0 Å². The van der Waals surface area contributed by atoms with Gasteiger partial charge >= 0.3 is 0 Å². The SMILES string of the molecule is CCC(Br)(C(=O)C(C)(C)C)S(=O)(=O)CC. The van der Waals surface area contributed by atoms with E-state index in [-0.39, 0.29) is 18.0 Å². The van der Waals surface area contributed by atoms with Crippen LogP contribution in [-0.2, 0) is 14.6 Å². The fourth-order valence-corrected chi connectivity index (χ4v) is 4.08. The molecule has 0 aliphatic carbocycles. The predicted octanol–water partition coefficient (Wildman–Crippen LogP) is 2.54. The molecule has 0 aromatic carbocycles. The van der Waals surface area contributed by atoms with Crippen molar-refractivity contribution < 1.29 is 13.2 Å². The van der Waals surface area contributed by atoms with Gasteiger partial charge in [0, 0.05) is 11.2 Å². The Morgan fingerprint density at radius 3 is 1.80 bits per heavy atom.